The van der Waals surface area contributed by atoms with E-state index in [0.717, 1.165) is 24.1 Å². The standard InChI is InChI=1S/C15H23N3O2S/c1-5-9-16-15(21)18-17-14(19)12(4)20-13-8-6-7-10(2)11(13)3/h6-8,12H,5,9H2,1-4H3,(H,17,19)(H2,16,18,21)/t12-/m0/s1. The Labute approximate surface area is 131 Å². The van der Waals surface area contributed by atoms with Crippen molar-refractivity contribution in [2.24, 2.45) is 0 Å². The highest BCUT2D eigenvalue weighted by atomic mass is 32.1. The first-order valence-electron chi connectivity index (χ1n) is 7.02. The van der Waals surface area contributed by atoms with Gasteiger partial charge >= 0.3 is 0 Å². The fourth-order valence-electron chi connectivity index (χ4n) is 1.60. The predicted octanol–water partition coefficient (Wildman–Crippen LogP) is 1.98. The van der Waals surface area contributed by atoms with Gasteiger partial charge in [0.25, 0.3) is 5.91 Å². The quantitative estimate of drug-likeness (QED) is 0.573. The molecule has 1 aromatic rings. The Morgan fingerprint density at radius 2 is 2.05 bits per heavy atom. The molecule has 0 bridgehead atoms. The number of hydrazine groups is 1. The molecular weight excluding hydrogens is 286 g/mol. The first-order chi connectivity index (χ1) is 9.95. The summed E-state index contributed by atoms with van der Waals surface area (Å²) >= 11 is 5.01. The summed E-state index contributed by atoms with van der Waals surface area (Å²) in [6, 6.07) is 5.77. The normalized spacial score (nSPS) is 11.4. The van der Waals surface area contributed by atoms with Gasteiger partial charge in [-0.2, -0.15) is 0 Å². The van der Waals surface area contributed by atoms with Crippen LogP contribution >= 0.6 is 12.2 Å². The number of carbonyl (C=O) groups is 1. The van der Waals surface area contributed by atoms with E-state index in [4.69, 9.17) is 17.0 Å². The Hall–Kier alpha value is -1.82. The van der Waals surface area contributed by atoms with Crippen LogP contribution in [0.1, 0.15) is 31.4 Å². The van der Waals surface area contributed by atoms with Crippen molar-refractivity contribution in [1.82, 2.24) is 16.2 Å². The molecule has 0 aliphatic carbocycles. The third kappa shape index (κ3) is 5.59. The molecular formula is C15H23N3O2S. The SMILES string of the molecule is CCCNC(=S)NNC(=O)[C@H](C)Oc1cccc(C)c1C. The molecule has 21 heavy (non-hydrogen) atoms. The lowest BCUT2D eigenvalue weighted by Crippen LogP contribution is -2.50. The summed E-state index contributed by atoms with van der Waals surface area (Å²) in [5.74, 6) is 0.431. The molecule has 1 rings (SSSR count). The minimum absolute atomic E-state index is 0.281. The van der Waals surface area contributed by atoms with E-state index in [9.17, 15) is 4.79 Å². The largest absolute Gasteiger partial charge is 0.481 e. The van der Waals surface area contributed by atoms with E-state index < -0.39 is 6.10 Å². The van der Waals surface area contributed by atoms with Crippen LogP contribution in [-0.2, 0) is 4.79 Å². The van der Waals surface area contributed by atoms with Crippen molar-refractivity contribution in [3.8, 4) is 5.75 Å². The Kier molecular flexibility index (Phi) is 6.94. The van der Waals surface area contributed by atoms with Gasteiger partial charge in [-0.15, -0.1) is 0 Å². The second kappa shape index (κ2) is 8.46. The van der Waals surface area contributed by atoms with Gasteiger partial charge in [-0.3, -0.25) is 15.6 Å². The second-order valence-corrected chi connectivity index (χ2v) is 5.24. The number of aryl methyl sites for hydroxylation is 1. The fraction of sp³-hybridized carbons (Fsp3) is 0.467. The van der Waals surface area contributed by atoms with Crippen LogP contribution in [-0.4, -0.2) is 23.7 Å². The minimum Gasteiger partial charge on any atom is -0.481 e. The van der Waals surface area contributed by atoms with Crippen LogP contribution < -0.4 is 20.9 Å². The smallest absolute Gasteiger partial charge is 0.279 e. The third-order valence-corrected chi connectivity index (χ3v) is 3.31. The average Bonchev–Trinajstić information content (AvgIpc) is 2.47. The van der Waals surface area contributed by atoms with Crippen LogP contribution in [0.2, 0.25) is 0 Å². The number of ether oxygens (including phenoxy) is 1. The Morgan fingerprint density at radius 3 is 2.71 bits per heavy atom. The highest BCUT2D eigenvalue weighted by Gasteiger charge is 2.16. The lowest BCUT2D eigenvalue weighted by molar-refractivity contribution is -0.127. The van der Waals surface area contributed by atoms with Crippen LogP contribution in [0.4, 0.5) is 0 Å². The summed E-state index contributed by atoms with van der Waals surface area (Å²) in [7, 11) is 0. The maximum atomic E-state index is 11.9. The fourth-order valence-corrected chi connectivity index (χ4v) is 1.75. The lowest BCUT2D eigenvalue weighted by Gasteiger charge is -2.18. The molecule has 3 N–H and O–H groups in total. The number of benzene rings is 1. The van der Waals surface area contributed by atoms with E-state index in [0.29, 0.717) is 10.9 Å². The number of thiocarbonyl (C=S) groups is 1. The zero-order valence-corrected chi connectivity index (χ0v) is 13.8. The van der Waals surface area contributed by atoms with E-state index in [1.54, 1.807) is 6.92 Å². The summed E-state index contributed by atoms with van der Waals surface area (Å²) in [5, 5.41) is 3.35. The summed E-state index contributed by atoms with van der Waals surface area (Å²) in [6.07, 6.45) is 0.342. The molecule has 5 nitrogen and oxygen atoms in total. The number of nitrogens with one attached hydrogen (secondary N) is 3. The lowest BCUT2D eigenvalue weighted by atomic mass is 10.1. The molecule has 0 spiro atoms. The maximum absolute atomic E-state index is 11.9. The van der Waals surface area contributed by atoms with Crippen LogP contribution in [0.5, 0.6) is 5.75 Å². The van der Waals surface area contributed by atoms with E-state index in [2.05, 4.69) is 16.2 Å². The summed E-state index contributed by atoms with van der Waals surface area (Å²) in [5.41, 5.74) is 7.34. The van der Waals surface area contributed by atoms with Crippen LogP contribution in [0.3, 0.4) is 0 Å². The summed E-state index contributed by atoms with van der Waals surface area (Å²) < 4.78 is 5.69. The molecule has 1 atom stereocenters. The van der Waals surface area contributed by atoms with Gasteiger partial charge < -0.3 is 10.1 Å². The molecule has 1 aromatic carbocycles. The average molecular weight is 309 g/mol. The van der Waals surface area contributed by atoms with Gasteiger partial charge in [0, 0.05) is 6.54 Å². The Balaban J connectivity index is 2.48. The number of carbonyl (C=O) groups excluding carboxylic acids is 1. The first-order valence-corrected chi connectivity index (χ1v) is 7.43. The molecule has 0 radical (unpaired) electrons. The van der Waals surface area contributed by atoms with Gasteiger partial charge in [-0.25, -0.2) is 0 Å². The number of hydrogen-bond acceptors (Lipinski definition) is 3. The van der Waals surface area contributed by atoms with E-state index in [-0.39, 0.29) is 5.91 Å². The predicted molar refractivity (Wildman–Crippen MR) is 88.2 cm³/mol. The van der Waals surface area contributed by atoms with Crippen molar-refractivity contribution in [2.45, 2.75) is 40.2 Å². The molecule has 0 aromatic heterocycles. The van der Waals surface area contributed by atoms with Crippen molar-refractivity contribution < 1.29 is 9.53 Å². The van der Waals surface area contributed by atoms with Gasteiger partial charge in [0.1, 0.15) is 5.75 Å². The molecule has 1 amide bonds. The highest BCUT2D eigenvalue weighted by molar-refractivity contribution is 7.80. The molecule has 6 heteroatoms. The second-order valence-electron chi connectivity index (χ2n) is 4.83. The molecule has 0 unspecified atom stereocenters. The van der Waals surface area contributed by atoms with Crippen molar-refractivity contribution >= 4 is 23.2 Å². The van der Waals surface area contributed by atoms with E-state index in [1.165, 1.54) is 0 Å². The number of hydrogen-bond donors (Lipinski definition) is 3. The van der Waals surface area contributed by atoms with Crippen LogP contribution in [0.25, 0.3) is 0 Å². The number of rotatable bonds is 5. The van der Waals surface area contributed by atoms with Crippen molar-refractivity contribution in [1.29, 1.82) is 0 Å². The zero-order valence-electron chi connectivity index (χ0n) is 12.9. The van der Waals surface area contributed by atoms with Gasteiger partial charge in [-0.05, 0) is 56.6 Å². The summed E-state index contributed by atoms with van der Waals surface area (Å²) in [4.78, 5) is 11.9. The molecule has 0 heterocycles. The number of amides is 1. The van der Waals surface area contributed by atoms with Crippen molar-refractivity contribution in [3.05, 3.63) is 29.3 Å². The maximum Gasteiger partial charge on any atom is 0.279 e. The molecule has 0 fully saturated rings. The molecule has 116 valence electrons. The summed E-state index contributed by atoms with van der Waals surface area (Å²) in [6.45, 7) is 8.47. The van der Waals surface area contributed by atoms with Crippen LogP contribution in [0, 0.1) is 13.8 Å². The van der Waals surface area contributed by atoms with Gasteiger partial charge in [0.05, 0.1) is 0 Å². The van der Waals surface area contributed by atoms with E-state index in [1.807, 2.05) is 39.0 Å². The monoisotopic (exact) mass is 309 g/mol. The van der Waals surface area contributed by atoms with Crippen LogP contribution in [0.15, 0.2) is 18.2 Å². The van der Waals surface area contributed by atoms with Gasteiger partial charge in [0.15, 0.2) is 11.2 Å². The minimum atomic E-state index is -0.619. The van der Waals surface area contributed by atoms with Crippen molar-refractivity contribution in [2.75, 3.05) is 6.54 Å². The van der Waals surface area contributed by atoms with E-state index >= 15 is 0 Å². The Morgan fingerprint density at radius 1 is 1.33 bits per heavy atom. The van der Waals surface area contributed by atoms with Crippen molar-refractivity contribution in [3.63, 3.8) is 0 Å². The molecule has 0 aliphatic rings. The topological polar surface area (TPSA) is 62.4 Å². The first kappa shape index (κ1) is 17.2. The zero-order chi connectivity index (χ0) is 15.8. The van der Waals surface area contributed by atoms with Gasteiger partial charge in [-0.1, -0.05) is 19.1 Å². The molecule has 0 saturated heterocycles. The van der Waals surface area contributed by atoms with Gasteiger partial charge in [0.2, 0.25) is 0 Å². The molecule has 0 aliphatic heterocycles. The Bertz CT molecular complexity index is 506. The highest BCUT2D eigenvalue weighted by Crippen LogP contribution is 2.21. The third-order valence-electron chi connectivity index (χ3n) is 3.06. The molecule has 0 saturated carbocycles.